The van der Waals surface area contributed by atoms with E-state index in [0.717, 1.165) is 6.54 Å². The highest BCUT2D eigenvalue weighted by Gasteiger charge is 2.12. The Hall–Kier alpha value is -0.860. The van der Waals surface area contributed by atoms with Gasteiger partial charge >= 0.3 is 0 Å². The van der Waals surface area contributed by atoms with Crippen molar-refractivity contribution in [2.24, 2.45) is 0 Å². The number of benzene rings is 1. The van der Waals surface area contributed by atoms with E-state index in [-0.39, 0.29) is 0 Å². The number of piperidine rings is 1. The second kappa shape index (κ2) is 7.24. The van der Waals surface area contributed by atoms with Crippen LogP contribution < -0.4 is 0 Å². The lowest BCUT2D eigenvalue weighted by molar-refractivity contribution is 0.231. The number of nitrogens with zero attached hydrogens (tertiary/aromatic N) is 2. The van der Waals surface area contributed by atoms with E-state index < -0.39 is 0 Å². The van der Waals surface area contributed by atoms with E-state index in [1.807, 2.05) is 0 Å². The van der Waals surface area contributed by atoms with Crippen LogP contribution in [0.1, 0.15) is 43.2 Å². The molecule has 0 unspecified atom stereocenters. The molecule has 2 nitrogen and oxygen atoms in total. The Labute approximate surface area is 123 Å². The first-order valence-electron chi connectivity index (χ1n) is 8.43. The molecule has 110 valence electrons. The second-order valence-corrected chi connectivity index (χ2v) is 6.45. The predicted octanol–water partition coefficient (Wildman–Crippen LogP) is 3.31. The summed E-state index contributed by atoms with van der Waals surface area (Å²) in [6, 6.07) is 9.36. The van der Waals surface area contributed by atoms with Crippen molar-refractivity contribution < 1.29 is 0 Å². The molecular weight excluding hydrogens is 244 g/mol. The second-order valence-electron chi connectivity index (χ2n) is 6.45. The van der Waals surface area contributed by atoms with Gasteiger partial charge < -0.3 is 4.90 Å². The van der Waals surface area contributed by atoms with Crippen LogP contribution >= 0.6 is 0 Å². The van der Waals surface area contributed by atoms with E-state index in [1.54, 1.807) is 0 Å². The van der Waals surface area contributed by atoms with Crippen molar-refractivity contribution in [1.29, 1.82) is 0 Å². The van der Waals surface area contributed by atoms with Crippen LogP contribution in [0.3, 0.4) is 0 Å². The van der Waals surface area contributed by atoms with Crippen molar-refractivity contribution in [2.45, 2.75) is 45.1 Å². The van der Waals surface area contributed by atoms with E-state index in [0.29, 0.717) is 0 Å². The van der Waals surface area contributed by atoms with E-state index >= 15 is 0 Å². The largest absolute Gasteiger partial charge is 0.303 e. The minimum absolute atomic E-state index is 1.15. The Morgan fingerprint density at radius 3 is 1.90 bits per heavy atom. The summed E-state index contributed by atoms with van der Waals surface area (Å²) in [6.45, 7) is 7.59. The first kappa shape index (κ1) is 14.1. The summed E-state index contributed by atoms with van der Waals surface area (Å²) in [4.78, 5) is 5.20. The van der Waals surface area contributed by atoms with Gasteiger partial charge in [-0.25, -0.2) is 0 Å². The van der Waals surface area contributed by atoms with Crippen LogP contribution in [0.15, 0.2) is 24.3 Å². The summed E-state index contributed by atoms with van der Waals surface area (Å²) in [7, 11) is 0. The van der Waals surface area contributed by atoms with E-state index in [4.69, 9.17) is 0 Å². The highest BCUT2D eigenvalue weighted by Crippen LogP contribution is 2.14. The van der Waals surface area contributed by atoms with E-state index in [2.05, 4.69) is 34.1 Å². The Kier molecular flexibility index (Phi) is 5.10. The molecule has 2 fully saturated rings. The lowest BCUT2D eigenvalue weighted by Crippen LogP contribution is -2.31. The van der Waals surface area contributed by atoms with Crippen LogP contribution in [-0.4, -0.2) is 42.5 Å². The van der Waals surface area contributed by atoms with Gasteiger partial charge in [-0.15, -0.1) is 0 Å². The first-order chi connectivity index (χ1) is 9.90. The molecule has 0 N–H and O–H groups in total. The third kappa shape index (κ3) is 4.07. The van der Waals surface area contributed by atoms with Crippen LogP contribution in [-0.2, 0) is 13.0 Å². The molecule has 0 aromatic heterocycles. The van der Waals surface area contributed by atoms with Gasteiger partial charge in [-0.1, -0.05) is 30.7 Å². The van der Waals surface area contributed by atoms with Crippen molar-refractivity contribution in [1.82, 2.24) is 9.80 Å². The van der Waals surface area contributed by atoms with Gasteiger partial charge in [0.15, 0.2) is 0 Å². The predicted molar refractivity (Wildman–Crippen MR) is 84.9 cm³/mol. The average Bonchev–Trinajstić information content (AvgIpc) is 3.01. The molecular formula is C18H28N2. The lowest BCUT2D eigenvalue weighted by Gasteiger charge is -2.26. The molecule has 20 heavy (non-hydrogen) atoms. The summed E-state index contributed by atoms with van der Waals surface area (Å²) < 4.78 is 0. The average molecular weight is 272 g/mol. The smallest absolute Gasteiger partial charge is 0.0233 e. The third-order valence-electron chi connectivity index (χ3n) is 4.79. The molecule has 0 saturated carbocycles. The summed E-state index contributed by atoms with van der Waals surface area (Å²) in [5, 5.41) is 0. The molecule has 0 radical (unpaired) electrons. The van der Waals surface area contributed by atoms with Crippen LogP contribution in [0.4, 0.5) is 0 Å². The quantitative estimate of drug-likeness (QED) is 0.811. The summed E-state index contributed by atoms with van der Waals surface area (Å²) in [5.74, 6) is 0. The van der Waals surface area contributed by atoms with Crippen molar-refractivity contribution in [2.75, 3.05) is 32.7 Å². The molecule has 0 spiro atoms. The fourth-order valence-corrected chi connectivity index (χ4v) is 3.48. The van der Waals surface area contributed by atoms with Crippen molar-refractivity contribution in [3.63, 3.8) is 0 Å². The minimum atomic E-state index is 1.15. The zero-order valence-electron chi connectivity index (χ0n) is 12.7. The number of rotatable bonds is 5. The van der Waals surface area contributed by atoms with Crippen molar-refractivity contribution in [3.05, 3.63) is 35.4 Å². The van der Waals surface area contributed by atoms with Crippen molar-refractivity contribution in [3.8, 4) is 0 Å². The minimum Gasteiger partial charge on any atom is -0.303 e. The Morgan fingerprint density at radius 1 is 0.650 bits per heavy atom. The van der Waals surface area contributed by atoms with Gasteiger partial charge in [0.2, 0.25) is 0 Å². The summed E-state index contributed by atoms with van der Waals surface area (Å²) >= 11 is 0. The highest BCUT2D eigenvalue weighted by molar-refractivity contribution is 5.22. The third-order valence-corrected chi connectivity index (χ3v) is 4.79. The maximum Gasteiger partial charge on any atom is 0.0233 e. The van der Waals surface area contributed by atoms with Gasteiger partial charge in [0.25, 0.3) is 0 Å². The highest BCUT2D eigenvalue weighted by atomic mass is 15.1. The fraction of sp³-hybridized carbons (Fsp3) is 0.667. The SMILES string of the molecule is c1cc(CN2CCCC2)ccc1CCN1CCCCC1. The molecule has 2 heterocycles. The molecule has 2 saturated heterocycles. The summed E-state index contributed by atoms with van der Waals surface area (Å²) in [5.41, 5.74) is 2.98. The monoisotopic (exact) mass is 272 g/mol. The Bertz CT molecular complexity index is 386. The summed E-state index contributed by atoms with van der Waals surface area (Å²) in [6.07, 6.45) is 8.21. The normalized spacial score (nSPS) is 21.4. The van der Waals surface area contributed by atoms with Gasteiger partial charge in [-0.2, -0.15) is 0 Å². The van der Waals surface area contributed by atoms with Gasteiger partial charge in [0, 0.05) is 13.1 Å². The Balaban J connectivity index is 1.45. The molecule has 2 heteroatoms. The molecule has 0 atom stereocenters. The van der Waals surface area contributed by atoms with Gasteiger partial charge in [0.05, 0.1) is 0 Å². The van der Waals surface area contributed by atoms with Crippen molar-refractivity contribution >= 4 is 0 Å². The molecule has 0 amide bonds. The number of likely N-dealkylation sites (tertiary alicyclic amines) is 2. The maximum absolute atomic E-state index is 2.63. The fourth-order valence-electron chi connectivity index (χ4n) is 3.48. The van der Waals surface area contributed by atoms with E-state index in [1.165, 1.54) is 82.4 Å². The number of hydrogen-bond donors (Lipinski definition) is 0. The molecule has 0 aliphatic carbocycles. The topological polar surface area (TPSA) is 6.48 Å². The van der Waals surface area contributed by atoms with Crippen LogP contribution in [0.2, 0.25) is 0 Å². The molecule has 1 aromatic carbocycles. The van der Waals surface area contributed by atoms with Gasteiger partial charge in [0.1, 0.15) is 0 Å². The van der Waals surface area contributed by atoms with Gasteiger partial charge in [-0.3, -0.25) is 4.90 Å². The molecule has 0 bridgehead atoms. The molecule has 2 aliphatic heterocycles. The van der Waals surface area contributed by atoms with E-state index in [9.17, 15) is 0 Å². The standard InChI is InChI=1S/C18H28N2/c1-2-11-19(12-3-1)15-10-17-6-8-18(9-7-17)16-20-13-4-5-14-20/h6-9H,1-5,10-16H2. The van der Waals surface area contributed by atoms with Crippen LogP contribution in [0, 0.1) is 0 Å². The molecule has 1 aromatic rings. The van der Waals surface area contributed by atoms with Crippen LogP contribution in [0.25, 0.3) is 0 Å². The molecule has 2 aliphatic rings. The zero-order chi connectivity index (χ0) is 13.6. The first-order valence-corrected chi connectivity index (χ1v) is 8.43. The zero-order valence-corrected chi connectivity index (χ0v) is 12.7. The van der Waals surface area contributed by atoms with Gasteiger partial charge in [-0.05, 0) is 69.4 Å². The lowest BCUT2D eigenvalue weighted by atomic mass is 10.1. The Morgan fingerprint density at radius 2 is 1.20 bits per heavy atom. The van der Waals surface area contributed by atoms with Crippen LogP contribution in [0.5, 0.6) is 0 Å². The maximum atomic E-state index is 2.63. The molecule has 3 rings (SSSR count). The number of hydrogen-bond acceptors (Lipinski definition) is 2.